The summed E-state index contributed by atoms with van der Waals surface area (Å²) < 4.78 is 29.1. The Morgan fingerprint density at radius 1 is 1.33 bits per heavy atom. The number of benzene rings is 1. The molecule has 2 atom stereocenters. The van der Waals surface area contributed by atoms with Crippen LogP contribution in [-0.4, -0.2) is 46.5 Å². The van der Waals surface area contributed by atoms with Crippen LogP contribution in [0, 0.1) is 0 Å². The van der Waals surface area contributed by atoms with E-state index in [9.17, 15) is 8.42 Å². The first-order chi connectivity index (χ1) is 10.0. The maximum absolute atomic E-state index is 11.8. The van der Waals surface area contributed by atoms with Gasteiger partial charge in [0.25, 0.3) is 0 Å². The van der Waals surface area contributed by atoms with Crippen LogP contribution >= 0.6 is 0 Å². The lowest BCUT2D eigenvalue weighted by Gasteiger charge is -2.40. The zero-order valence-corrected chi connectivity index (χ0v) is 13.5. The molecule has 2 unspecified atom stereocenters. The fourth-order valence-electron chi connectivity index (χ4n) is 2.80. The number of hydrogen-bond donors (Lipinski definition) is 1. The third kappa shape index (κ3) is 3.56. The Hall–Kier alpha value is -1.11. The molecule has 2 N–H and O–H groups in total. The molecule has 1 aromatic rings. The molecule has 0 spiro atoms. The quantitative estimate of drug-likeness (QED) is 0.890. The molecule has 1 saturated heterocycles. The van der Waals surface area contributed by atoms with Crippen LogP contribution in [0.25, 0.3) is 0 Å². The molecule has 6 heteroatoms. The number of nitrogens with zero attached hydrogens (tertiary/aromatic N) is 1. The summed E-state index contributed by atoms with van der Waals surface area (Å²) in [7, 11) is -1.41. The van der Waals surface area contributed by atoms with E-state index in [0.29, 0.717) is 11.4 Å². The highest BCUT2D eigenvalue weighted by Gasteiger charge is 2.27. The van der Waals surface area contributed by atoms with E-state index in [1.807, 2.05) is 12.1 Å². The molecule has 1 fully saturated rings. The summed E-state index contributed by atoms with van der Waals surface area (Å²) in [4.78, 5) is 2.63. The first-order valence-corrected chi connectivity index (χ1v) is 8.99. The minimum absolute atomic E-state index is 0.122. The second kappa shape index (κ2) is 6.77. The van der Waals surface area contributed by atoms with Crippen molar-refractivity contribution in [3.05, 3.63) is 24.3 Å². The van der Waals surface area contributed by atoms with Gasteiger partial charge in [0, 0.05) is 31.9 Å². The molecule has 0 aromatic heterocycles. The van der Waals surface area contributed by atoms with Crippen molar-refractivity contribution in [2.45, 2.75) is 36.8 Å². The summed E-state index contributed by atoms with van der Waals surface area (Å²) in [5.74, 6) is 0.122. The van der Waals surface area contributed by atoms with E-state index in [2.05, 4.69) is 4.90 Å². The predicted octanol–water partition coefficient (Wildman–Crippen LogP) is 1.42. The number of nitrogens with two attached hydrogens (primary N) is 1. The molecule has 1 aromatic carbocycles. The Kier molecular flexibility index (Phi) is 5.24. The number of piperidine rings is 1. The summed E-state index contributed by atoms with van der Waals surface area (Å²) in [5.41, 5.74) is 6.90. The van der Waals surface area contributed by atoms with Crippen LogP contribution in [0.2, 0.25) is 0 Å². The summed E-state index contributed by atoms with van der Waals surface area (Å²) >= 11 is 0. The van der Waals surface area contributed by atoms with Crippen LogP contribution in [0.15, 0.2) is 29.2 Å². The Balaban J connectivity index is 2.18. The van der Waals surface area contributed by atoms with Gasteiger partial charge in [-0.2, -0.15) is 0 Å². The predicted molar refractivity (Wildman–Crippen MR) is 84.4 cm³/mol. The molecular weight excluding hydrogens is 288 g/mol. The van der Waals surface area contributed by atoms with E-state index in [1.54, 1.807) is 26.2 Å². The lowest BCUT2D eigenvalue weighted by atomic mass is 9.98. The topological polar surface area (TPSA) is 72.6 Å². The third-order valence-corrected chi connectivity index (χ3v) is 5.93. The maximum Gasteiger partial charge on any atom is 0.178 e. The molecule has 0 radical (unpaired) electrons. The van der Waals surface area contributed by atoms with Crippen LogP contribution in [0.3, 0.4) is 0 Å². The number of anilines is 1. The van der Waals surface area contributed by atoms with Crippen molar-refractivity contribution in [1.29, 1.82) is 0 Å². The molecule has 0 aliphatic carbocycles. The van der Waals surface area contributed by atoms with Crippen molar-refractivity contribution in [3.8, 4) is 0 Å². The van der Waals surface area contributed by atoms with Crippen LogP contribution in [0.5, 0.6) is 0 Å². The molecule has 118 valence electrons. The molecule has 1 aliphatic heterocycles. The normalized spacial score (nSPS) is 23.3. The molecule has 21 heavy (non-hydrogen) atoms. The van der Waals surface area contributed by atoms with Crippen LogP contribution < -0.4 is 10.6 Å². The van der Waals surface area contributed by atoms with Gasteiger partial charge in [-0.25, -0.2) is 8.42 Å². The zero-order chi connectivity index (χ0) is 15.5. The minimum Gasteiger partial charge on any atom is -0.381 e. The summed E-state index contributed by atoms with van der Waals surface area (Å²) in [6, 6.07) is 7.35. The second-order valence-electron chi connectivity index (χ2n) is 5.36. The Morgan fingerprint density at radius 2 is 2.00 bits per heavy atom. The Morgan fingerprint density at radius 3 is 2.52 bits per heavy atom. The maximum atomic E-state index is 11.8. The molecule has 2 rings (SSSR count). The van der Waals surface area contributed by atoms with Crippen molar-refractivity contribution < 1.29 is 13.2 Å². The van der Waals surface area contributed by atoms with Crippen LogP contribution in [0.4, 0.5) is 5.69 Å². The van der Waals surface area contributed by atoms with E-state index in [0.717, 1.165) is 25.1 Å². The van der Waals surface area contributed by atoms with Gasteiger partial charge < -0.3 is 15.4 Å². The third-order valence-electron chi connectivity index (χ3n) is 4.18. The first-order valence-electron chi connectivity index (χ1n) is 7.34. The van der Waals surface area contributed by atoms with E-state index in [4.69, 9.17) is 10.5 Å². The number of rotatable bonds is 5. The minimum atomic E-state index is -3.14. The van der Waals surface area contributed by atoms with E-state index < -0.39 is 9.84 Å². The lowest BCUT2D eigenvalue weighted by Crippen LogP contribution is -2.48. The van der Waals surface area contributed by atoms with Gasteiger partial charge in [0.2, 0.25) is 0 Å². The second-order valence-corrected chi connectivity index (χ2v) is 7.64. The number of ether oxygens (including phenoxy) is 1. The molecule has 5 nitrogen and oxygen atoms in total. The van der Waals surface area contributed by atoms with Gasteiger partial charge in [0.1, 0.15) is 0 Å². The monoisotopic (exact) mass is 312 g/mol. The van der Waals surface area contributed by atoms with Gasteiger partial charge in [-0.1, -0.05) is 6.92 Å². The van der Waals surface area contributed by atoms with Gasteiger partial charge in [0.15, 0.2) is 9.84 Å². The molecule has 0 saturated carbocycles. The molecule has 1 heterocycles. The summed E-state index contributed by atoms with van der Waals surface area (Å²) in [6.45, 7) is 3.10. The lowest BCUT2D eigenvalue weighted by molar-refractivity contribution is 0.0709. The molecular formula is C15H24N2O3S. The SMILES string of the molecule is CCS(=O)(=O)c1ccc(N2CCC(OC)CC2CN)cc1. The Bertz CT molecular complexity index is 557. The van der Waals surface area contributed by atoms with E-state index >= 15 is 0 Å². The average molecular weight is 312 g/mol. The fraction of sp³-hybridized carbons (Fsp3) is 0.600. The van der Waals surface area contributed by atoms with Crippen LogP contribution in [0.1, 0.15) is 19.8 Å². The highest BCUT2D eigenvalue weighted by atomic mass is 32.2. The molecule has 0 bridgehead atoms. The van der Waals surface area contributed by atoms with Crippen LogP contribution in [-0.2, 0) is 14.6 Å². The summed E-state index contributed by atoms with van der Waals surface area (Å²) in [5, 5.41) is 0. The van der Waals surface area contributed by atoms with Gasteiger partial charge in [-0.3, -0.25) is 0 Å². The number of methoxy groups -OCH3 is 1. The van der Waals surface area contributed by atoms with Gasteiger partial charge in [-0.15, -0.1) is 0 Å². The standard InChI is InChI=1S/C15H24N2O3S/c1-3-21(18,19)15-6-4-12(5-7-15)17-9-8-14(20-2)10-13(17)11-16/h4-7,13-14H,3,8-11,16H2,1-2H3. The fourth-order valence-corrected chi connectivity index (χ4v) is 3.69. The largest absolute Gasteiger partial charge is 0.381 e. The van der Waals surface area contributed by atoms with Crippen molar-refractivity contribution in [2.24, 2.45) is 5.73 Å². The molecule has 0 amide bonds. The zero-order valence-electron chi connectivity index (χ0n) is 12.7. The van der Waals surface area contributed by atoms with Crippen molar-refractivity contribution in [2.75, 3.05) is 30.9 Å². The first kappa shape index (κ1) is 16.3. The summed E-state index contributed by atoms with van der Waals surface area (Å²) in [6.07, 6.45) is 2.12. The van der Waals surface area contributed by atoms with Gasteiger partial charge >= 0.3 is 0 Å². The highest BCUT2D eigenvalue weighted by Crippen LogP contribution is 2.27. The van der Waals surface area contributed by atoms with Crippen molar-refractivity contribution in [3.63, 3.8) is 0 Å². The van der Waals surface area contributed by atoms with Crippen molar-refractivity contribution >= 4 is 15.5 Å². The highest BCUT2D eigenvalue weighted by molar-refractivity contribution is 7.91. The smallest absolute Gasteiger partial charge is 0.178 e. The van der Waals surface area contributed by atoms with Crippen molar-refractivity contribution in [1.82, 2.24) is 0 Å². The van der Waals surface area contributed by atoms with Gasteiger partial charge in [-0.05, 0) is 37.1 Å². The van der Waals surface area contributed by atoms with Gasteiger partial charge in [0.05, 0.1) is 16.8 Å². The van der Waals surface area contributed by atoms with E-state index in [-0.39, 0.29) is 17.9 Å². The number of hydrogen-bond acceptors (Lipinski definition) is 5. The molecule has 1 aliphatic rings. The van der Waals surface area contributed by atoms with E-state index in [1.165, 1.54) is 0 Å². The Labute approximate surface area is 127 Å². The average Bonchev–Trinajstić information content (AvgIpc) is 2.54. The number of sulfone groups is 1.